The lowest BCUT2D eigenvalue weighted by Crippen LogP contribution is -2.34. The number of anilines is 1. The molecule has 0 atom stereocenters. The Bertz CT molecular complexity index is 1620. The minimum Gasteiger partial charge on any atom is -0.508 e. The van der Waals surface area contributed by atoms with Gasteiger partial charge in [0.15, 0.2) is 5.82 Å². The number of phenols is 2. The fourth-order valence-electron chi connectivity index (χ4n) is 5.91. The molecule has 6 rings (SSSR count). The van der Waals surface area contributed by atoms with E-state index in [9.17, 15) is 15.0 Å². The molecule has 0 fully saturated rings. The van der Waals surface area contributed by atoms with Crippen LogP contribution in [0.15, 0.2) is 39.2 Å². The molecule has 0 spiro atoms. The Hall–Kier alpha value is -3.94. The van der Waals surface area contributed by atoms with E-state index in [4.69, 9.17) is 15.1 Å². The lowest BCUT2D eigenvalue weighted by Gasteiger charge is -2.38. The molecule has 2 N–H and O–H groups in total. The summed E-state index contributed by atoms with van der Waals surface area (Å²) in [5.41, 5.74) is 7.62. The average molecular weight is 512 g/mol. The predicted molar refractivity (Wildman–Crippen MR) is 151 cm³/mol. The van der Waals surface area contributed by atoms with E-state index in [1.165, 1.54) is 39.7 Å². The fourth-order valence-corrected chi connectivity index (χ4v) is 5.91. The average Bonchev–Trinajstić information content (AvgIpc) is 3.25. The van der Waals surface area contributed by atoms with Gasteiger partial charge in [0.25, 0.3) is 5.56 Å². The van der Waals surface area contributed by atoms with Gasteiger partial charge in [0.05, 0.1) is 17.1 Å². The van der Waals surface area contributed by atoms with Crippen LogP contribution < -0.4 is 10.5 Å². The van der Waals surface area contributed by atoms with Crippen LogP contribution in [-0.2, 0) is 12.8 Å². The monoisotopic (exact) mass is 511 g/mol. The first-order valence-electron chi connectivity index (χ1n) is 13.3. The largest absolute Gasteiger partial charge is 0.508 e. The van der Waals surface area contributed by atoms with Crippen LogP contribution in [0.5, 0.6) is 11.5 Å². The summed E-state index contributed by atoms with van der Waals surface area (Å²) < 4.78 is 1.33. The van der Waals surface area contributed by atoms with Crippen molar-refractivity contribution >= 4 is 22.8 Å². The zero-order valence-corrected chi connectivity index (χ0v) is 22.6. The van der Waals surface area contributed by atoms with Crippen LogP contribution in [0.1, 0.15) is 61.7 Å². The highest BCUT2D eigenvalue weighted by Gasteiger charge is 2.36. The van der Waals surface area contributed by atoms with E-state index < -0.39 is 5.41 Å². The minimum atomic E-state index is -0.395. The summed E-state index contributed by atoms with van der Waals surface area (Å²) in [6.45, 7) is 12.2. The molecule has 3 aliphatic rings. The number of nitrogens with zero attached hydrogens (tertiary/aromatic N) is 5. The lowest BCUT2D eigenvalue weighted by atomic mass is 9.86. The maximum atomic E-state index is 13.5. The van der Waals surface area contributed by atoms with Crippen LogP contribution in [-0.4, -0.2) is 44.4 Å². The zero-order chi connectivity index (χ0) is 26.9. The van der Waals surface area contributed by atoms with Crippen molar-refractivity contribution in [1.29, 1.82) is 0 Å². The molecule has 0 unspecified atom stereocenters. The Morgan fingerprint density at radius 3 is 2.47 bits per heavy atom. The van der Waals surface area contributed by atoms with Gasteiger partial charge in [0.1, 0.15) is 17.2 Å². The van der Waals surface area contributed by atoms with Crippen molar-refractivity contribution in [3.8, 4) is 22.8 Å². The molecule has 196 valence electrons. The molecule has 4 heterocycles. The normalized spacial score (nSPS) is 17.4. The van der Waals surface area contributed by atoms with Crippen molar-refractivity contribution in [3.63, 3.8) is 0 Å². The first-order valence-corrected chi connectivity index (χ1v) is 13.3. The number of hydrogen-bond acceptors (Lipinski definition) is 7. The first-order chi connectivity index (χ1) is 18.0. The molecular formula is C30H33N5O3. The van der Waals surface area contributed by atoms with Gasteiger partial charge in [-0.3, -0.25) is 4.79 Å². The number of benzene rings is 2. The third-order valence-corrected chi connectivity index (χ3v) is 7.88. The zero-order valence-electron chi connectivity index (χ0n) is 22.6. The van der Waals surface area contributed by atoms with Crippen LogP contribution in [0.25, 0.3) is 11.3 Å². The van der Waals surface area contributed by atoms with Gasteiger partial charge >= 0.3 is 0 Å². The van der Waals surface area contributed by atoms with Gasteiger partial charge in [-0.1, -0.05) is 20.8 Å². The summed E-state index contributed by atoms with van der Waals surface area (Å²) in [5.74, 6) is 0.258. The Morgan fingerprint density at radius 1 is 1.00 bits per heavy atom. The van der Waals surface area contributed by atoms with Gasteiger partial charge in [-0.2, -0.15) is 9.78 Å². The number of fused-ring (bicyclic) bond motifs is 1. The summed E-state index contributed by atoms with van der Waals surface area (Å²) >= 11 is 0. The Balaban J connectivity index is 1.60. The molecule has 3 aliphatic heterocycles. The molecular weight excluding hydrogens is 478 g/mol. The van der Waals surface area contributed by atoms with Gasteiger partial charge in [0.2, 0.25) is 0 Å². The van der Waals surface area contributed by atoms with Crippen molar-refractivity contribution in [1.82, 2.24) is 9.66 Å². The smallest absolute Gasteiger partial charge is 0.278 e. The van der Waals surface area contributed by atoms with Gasteiger partial charge in [-0.15, -0.1) is 0 Å². The summed E-state index contributed by atoms with van der Waals surface area (Å²) in [6.07, 6.45) is 4.34. The SMILES string of the molecule is Cc1c(N=C2C(C(C)(C)C)=Nn3c2nc(-c2cc(O)ccc2O)c(C)c3=O)cc2c3c1CCCN3CCC2. The summed E-state index contributed by atoms with van der Waals surface area (Å²) in [6, 6.07) is 6.42. The molecule has 38 heavy (non-hydrogen) atoms. The predicted octanol–water partition coefficient (Wildman–Crippen LogP) is 5.02. The van der Waals surface area contributed by atoms with Crippen LogP contribution in [0.4, 0.5) is 11.4 Å². The van der Waals surface area contributed by atoms with Crippen molar-refractivity contribution < 1.29 is 10.2 Å². The molecule has 3 aromatic rings. The van der Waals surface area contributed by atoms with E-state index in [2.05, 4.69) is 38.7 Å². The highest BCUT2D eigenvalue weighted by molar-refractivity contribution is 6.50. The second-order valence-corrected chi connectivity index (χ2v) is 11.6. The second-order valence-electron chi connectivity index (χ2n) is 11.6. The van der Waals surface area contributed by atoms with Crippen molar-refractivity contribution in [2.24, 2.45) is 15.5 Å². The third kappa shape index (κ3) is 3.73. The van der Waals surface area contributed by atoms with Gasteiger partial charge in [-0.05, 0) is 80.5 Å². The van der Waals surface area contributed by atoms with E-state index >= 15 is 0 Å². The van der Waals surface area contributed by atoms with E-state index in [-0.39, 0.29) is 17.1 Å². The maximum absolute atomic E-state index is 13.5. The van der Waals surface area contributed by atoms with Crippen molar-refractivity contribution in [2.75, 3.05) is 18.0 Å². The summed E-state index contributed by atoms with van der Waals surface area (Å²) in [7, 11) is 0. The molecule has 0 amide bonds. The van der Waals surface area contributed by atoms with E-state index in [1.54, 1.807) is 6.92 Å². The molecule has 2 aromatic carbocycles. The Kier molecular flexibility index (Phi) is 5.49. The fraction of sp³-hybridized carbons (Fsp3) is 0.400. The quantitative estimate of drug-likeness (QED) is 0.470. The molecule has 0 saturated carbocycles. The third-order valence-electron chi connectivity index (χ3n) is 7.88. The number of aliphatic imine (C=N–C) groups is 1. The van der Waals surface area contributed by atoms with E-state index in [0.29, 0.717) is 34.1 Å². The van der Waals surface area contributed by atoms with Crippen LogP contribution in [0.3, 0.4) is 0 Å². The number of aromatic nitrogens is 2. The van der Waals surface area contributed by atoms with Gasteiger partial charge in [0, 0.05) is 35.3 Å². The molecule has 0 radical (unpaired) electrons. The number of aryl methyl sites for hydroxylation is 1. The van der Waals surface area contributed by atoms with Gasteiger partial charge < -0.3 is 15.1 Å². The van der Waals surface area contributed by atoms with Gasteiger partial charge in [-0.25, -0.2) is 9.98 Å². The lowest BCUT2D eigenvalue weighted by molar-refractivity contribution is 0.461. The van der Waals surface area contributed by atoms with Crippen LogP contribution in [0, 0.1) is 19.3 Å². The topological polar surface area (TPSA) is 103 Å². The molecule has 1 aromatic heterocycles. The molecule has 0 bridgehead atoms. The highest BCUT2D eigenvalue weighted by atomic mass is 16.3. The van der Waals surface area contributed by atoms with E-state index in [1.807, 2.05) is 0 Å². The van der Waals surface area contributed by atoms with Crippen molar-refractivity contribution in [2.45, 2.75) is 60.3 Å². The van der Waals surface area contributed by atoms with E-state index in [0.717, 1.165) is 50.0 Å². The first kappa shape index (κ1) is 24.4. The number of hydrogen-bond donors (Lipinski definition) is 2. The summed E-state index contributed by atoms with van der Waals surface area (Å²) in [4.78, 5) is 26.1. The highest BCUT2D eigenvalue weighted by Crippen LogP contribution is 2.42. The Labute approximate surface area is 222 Å². The Morgan fingerprint density at radius 2 is 1.74 bits per heavy atom. The maximum Gasteiger partial charge on any atom is 0.278 e. The molecule has 0 saturated heterocycles. The standard InChI is InChI=1S/C30H33N5O3/c1-16-20-9-7-13-34-12-6-8-18(26(20)34)14-22(16)31-25-27(30(3,4)5)33-35-28(25)32-24(17(2)29(35)38)21-15-19(36)10-11-23(21)37/h10-11,14-15,36-37H,6-9,12-13H2,1-5H3. The molecule has 8 nitrogen and oxygen atoms in total. The van der Waals surface area contributed by atoms with Crippen LogP contribution >= 0.6 is 0 Å². The summed E-state index contributed by atoms with van der Waals surface area (Å²) in [5, 5.41) is 25.3. The number of phenolic OH excluding ortho intramolecular Hbond substituents is 2. The van der Waals surface area contributed by atoms with Crippen LogP contribution in [0.2, 0.25) is 0 Å². The molecule has 8 heteroatoms. The second kappa shape index (κ2) is 8.55. The van der Waals surface area contributed by atoms with Crippen molar-refractivity contribution in [3.05, 3.63) is 62.7 Å². The molecule has 0 aliphatic carbocycles. The minimum absolute atomic E-state index is 0.0205. The number of aromatic hydroxyl groups is 2. The number of rotatable bonds is 2.